The highest BCUT2D eigenvalue weighted by Gasteiger charge is 2.42. The molecule has 3 atom stereocenters. The minimum atomic E-state index is 0.0614. The highest BCUT2D eigenvalue weighted by molar-refractivity contribution is 5.94. The fourth-order valence-corrected chi connectivity index (χ4v) is 6.81. The van der Waals surface area contributed by atoms with Crippen molar-refractivity contribution in [3.05, 3.63) is 77.9 Å². The van der Waals surface area contributed by atoms with E-state index in [1.165, 1.54) is 56.1 Å². The van der Waals surface area contributed by atoms with Gasteiger partial charge in [0.25, 0.3) is 5.91 Å². The van der Waals surface area contributed by atoms with E-state index in [9.17, 15) is 4.79 Å². The van der Waals surface area contributed by atoms with Crippen molar-refractivity contribution in [2.24, 2.45) is 0 Å². The largest absolute Gasteiger partial charge is 0.497 e. The summed E-state index contributed by atoms with van der Waals surface area (Å²) >= 11 is 0. The number of methoxy groups -OCH3 is 1. The molecule has 0 aromatic heterocycles. The summed E-state index contributed by atoms with van der Waals surface area (Å²) in [5.41, 5.74) is 3.26. The fourth-order valence-electron chi connectivity index (χ4n) is 6.81. The second kappa shape index (κ2) is 12.3. The maximum atomic E-state index is 13.1. The van der Waals surface area contributed by atoms with Crippen LogP contribution in [0, 0.1) is 0 Å². The monoisotopic (exact) mass is 501 g/mol. The summed E-state index contributed by atoms with van der Waals surface area (Å²) in [6, 6.07) is 18.4. The zero-order chi connectivity index (χ0) is 25.6. The van der Waals surface area contributed by atoms with Crippen molar-refractivity contribution in [3.63, 3.8) is 0 Å². The Hall–Kier alpha value is -2.63. The van der Waals surface area contributed by atoms with E-state index in [0.717, 1.165) is 43.8 Å². The number of carbonyl (C=O) groups excluding carboxylic acids is 1. The number of nitrogens with one attached hydrogen (secondary N) is 1. The van der Waals surface area contributed by atoms with E-state index in [1.54, 1.807) is 7.11 Å². The molecule has 3 unspecified atom stereocenters. The molecular formula is C32H43N3O2. The molecule has 198 valence electrons. The van der Waals surface area contributed by atoms with Crippen molar-refractivity contribution in [1.29, 1.82) is 0 Å². The normalized spacial score (nSPS) is 24.1. The lowest BCUT2D eigenvalue weighted by molar-refractivity contribution is 0.0933. The van der Waals surface area contributed by atoms with Crippen molar-refractivity contribution >= 4 is 5.91 Å². The van der Waals surface area contributed by atoms with Crippen LogP contribution in [0.15, 0.2) is 61.2 Å². The van der Waals surface area contributed by atoms with E-state index >= 15 is 0 Å². The van der Waals surface area contributed by atoms with Gasteiger partial charge in [0.05, 0.1) is 13.2 Å². The minimum absolute atomic E-state index is 0.0614. The first kappa shape index (κ1) is 26.0. The summed E-state index contributed by atoms with van der Waals surface area (Å²) in [7, 11) is 1.73. The quantitative estimate of drug-likeness (QED) is 0.358. The van der Waals surface area contributed by atoms with Gasteiger partial charge in [-0.25, -0.2) is 0 Å². The molecule has 2 saturated heterocycles. The van der Waals surface area contributed by atoms with Gasteiger partial charge < -0.3 is 10.1 Å². The Morgan fingerprint density at radius 3 is 2.49 bits per heavy atom. The Morgan fingerprint density at radius 2 is 1.76 bits per heavy atom. The van der Waals surface area contributed by atoms with Crippen molar-refractivity contribution < 1.29 is 9.53 Å². The van der Waals surface area contributed by atoms with Crippen LogP contribution in [-0.4, -0.2) is 60.6 Å². The van der Waals surface area contributed by atoms with E-state index in [1.807, 2.05) is 24.3 Å². The van der Waals surface area contributed by atoms with Crippen LogP contribution in [0.5, 0.6) is 5.75 Å². The van der Waals surface area contributed by atoms with E-state index in [4.69, 9.17) is 4.74 Å². The first-order valence-electron chi connectivity index (χ1n) is 14.3. The molecule has 5 rings (SSSR count). The van der Waals surface area contributed by atoms with Crippen LogP contribution >= 0.6 is 0 Å². The van der Waals surface area contributed by atoms with E-state index in [2.05, 4.69) is 52.0 Å². The number of carbonyl (C=O) groups is 1. The molecule has 1 N–H and O–H groups in total. The van der Waals surface area contributed by atoms with Gasteiger partial charge in [-0.2, -0.15) is 0 Å². The smallest absolute Gasteiger partial charge is 0.251 e. The predicted molar refractivity (Wildman–Crippen MR) is 150 cm³/mol. The summed E-state index contributed by atoms with van der Waals surface area (Å²) in [5.74, 6) is 0.948. The minimum Gasteiger partial charge on any atom is -0.497 e. The second-order valence-corrected chi connectivity index (χ2v) is 11.1. The van der Waals surface area contributed by atoms with Crippen LogP contribution in [-0.2, 0) is 0 Å². The van der Waals surface area contributed by atoms with Crippen molar-refractivity contribution in [1.82, 2.24) is 15.1 Å². The zero-order valence-corrected chi connectivity index (χ0v) is 22.4. The highest BCUT2D eigenvalue weighted by atomic mass is 16.5. The molecular weight excluding hydrogens is 458 g/mol. The molecule has 3 aliphatic rings. The average Bonchev–Trinajstić information content (AvgIpc) is 3.05. The number of ether oxygens (including phenoxy) is 1. The first-order valence-corrected chi connectivity index (χ1v) is 14.3. The molecule has 2 aliphatic heterocycles. The molecule has 2 aromatic rings. The molecule has 1 saturated carbocycles. The third-order valence-electron chi connectivity index (χ3n) is 8.70. The lowest BCUT2D eigenvalue weighted by Crippen LogP contribution is -2.42. The zero-order valence-electron chi connectivity index (χ0n) is 22.4. The third-order valence-corrected chi connectivity index (χ3v) is 8.70. The molecule has 5 heteroatoms. The number of amides is 1. The maximum Gasteiger partial charge on any atom is 0.251 e. The van der Waals surface area contributed by atoms with Gasteiger partial charge in [-0.15, -0.1) is 6.58 Å². The molecule has 3 fully saturated rings. The maximum absolute atomic E-state index is 13.1. The van der Waals surface area contributed by atoms with Gasteiger partial charge in [0.15, 0.2) is 0 Å². The summed E-state index contributed by atoms with van der Waals surface area (Å²) in [5, 5.41) is 3.30. The number of nitrogens with zero attached hydrogens (tertiary/aromatic N) is 2. The number of fused-ring (bicyclic) bond motifs is 2. The Balaban J connectivity index is 1.42. The first-order chi connectivity index (χ1) is 18.2. The number of rotatable bonds is 8. The molecule has 1 aliphatic carbocycles. The summed E-state index contributed by atoms with van der Waals surface area (Å²) in [6.45, 7) is 7.12. The van der Waals surface area contributed by atoms with Crippen LogP contribution in [0.4, 0.5) is 0 Å². The van der Waals surface area contributed by atoms with Crippen molar-refractivity contribution in [2.45, 2.75) is 82.0 Å². The number of likely N-dealkylation sites (tertiary alicyclic amines) is 1. The summed E-state index contributed by atoms with van der Waals surface area (Å²) in [4.78, 5) is 18.4. The summed E-state index contributed by atoms with van der Waals surface area (Å²) in [6.07, 6.45) is 12.9. The second-order valence-electron chi connectivity index (χ2n) is 11.1. The number of hydrogen-bond donors (Lipinski definition) is 1. The van der Waals surface area contributed by atoms with Gasteiger partial charge >= 0.3 is 0 Å². The molecule has 0 radical (unpaired) electrons. The van der Waals surface area contributed by atoms with Gasteiger partial charge in [-0.1, -0.05) is 56.0 Å². The van der Waals surface area contributed by atoms with Crippen LogP contribution in [0.1, 0.15) is 85.3 Å². The Labute approximate surface area is 222 Å². The van der Waals surface area contributed by atoms with Crippen LogP contribution in [0.3, 0.4) is 0 Å². The molecule has 2 heterocycles. The van der Waals surface area contributed by atoms with Gasteiger partial charge in [0.2, 0.25) is 0 Å². The Bertz CT molecular complexity index is 1040. The molecule has 37 heavy (non-hydrogen) atoms. The van der Waals surface area contributed by atoms with Gasteiger partial charge in [-0.3, -0.25) is 14.6 Å². The average molecular weight is 502 g/mol. The van der Waals surface area contributed by atoms with E-state index < -0.39 is 0 Å². The Kier molecular flexibility index (Phi) is 8.62. The van der Waals surface area contributed by atoms with Gasteiger partial charge in [0.1, 0.15) is 5.75 Å². The molecule has 2 aromatic carbocycles. The van der Waals surface area contributed by atoms with Crippen molar-refractivity contribution in [2.75, 3.05) is 26.7 Å². The predicted octanol–water partition coefficient (Wildman–Crippen LogP) is 5.96. The van der Waals surface area contributed by atoms with E-state index in [0.29, 0.717) is 18.1 Å². The van der Waals surface area contributed by atoms with Crippen LogP contribution in [0.25, 0.3) is 0 Å². The Morgan fingerprint density at radius 1 is 1.00 bits per heavy atom. The molecule has 1 amide bonds. The summed E-state index contributed by atoms with van der Waals surface area (Å²) < 4.78 is 5.61. The van der Waals surface area contributed by atoms with Crippen molar-refractivity contribution in [3.8, 4) is 5.75 Å². The topological polar surface area (TPSA) is 44.8 Å². The molecule has 5 nitrogen and oxygen atoms in total. The SMILES string of the molecule is C=CCN1CCC2CCC(C1)N2C(c1ccc(C(=O)NC2CCCCCC2)cc1)c1cccc(OC)c1. The number of benzene rings is 2. The lowest BCUT2D eigenvalue weighted by atomic mass is 9.94. The molecule has 2 bridgehead atoms. The fraction of sp³-hybridized carbons (Fsp3) is 0.531. The van der Waals surface area contributed by atoms with Crippen LogP contribution in [0.2, 0.25) is 0 Å². The van der Waals surface area contributed by atoms with Crippen LogP contribution < -0.4 is 10.1 Å². The highest BCUT2D eigenvalue weighted by Crippen LogP contribution is 2.41. The lowest BCUT2D eigenvalue weighted by Gasteiger charge is -2.37. The third kappa shape index (κ3) is 6.10. The standard InChI is InChI=1S/C32H43N3O2/c1-3-20-34-21-19-28-17-18-29(23-34)35(28)31(26-9-8-12-30(22-26)37-2)24-13-15-25(16-14-24)32(36)33-27-10-6-4-5-7-11-27/h3,8-9,12-16,22,27-29,31H,1,4-7,10-11,17-21,23H2,2H3,(H,33,36). The number of hydrogen-bond acceptors (Lipinski definition) is 4. The molecule has 0 spiro atoms. The van der Waals surface area contributed by atoms with E-state index in [-0.39, 0.29) is 11.9 Å². The van der Waals surface area contributed by atoms with Gasteiger partial charge in [-0.05, 0) is 67.5 Å². The van der Waals surface area contributed by atoms with Gasteiger partial charge in [0, 0.05) is 43.3 Å².